The SMILES string of the molecule is CCC1(NC(=O)c2cc(N)cc(-c3cnc(NC(C)C)c(=O)n3CC(=O)O)c2)CC1. The van der Waals surface area contributed by atoms with E-state index in [9.17, 15) is 19.5 Å². The quantitative estimate of drug-likeness (QED) is 0.486. The Morgan fingerprint density at radius 1 is 1.30 bits per heavy atom. The number of hydrogen-bond donors (Lipinski definition) is 4. The number of nitrogen functional groups attached to an aromatic ring is 1. The Labute approximate surface area is 174 Å². The monoisotopic (exact) mass is 413 g/mol. The Morgan fingerprint density at radius 2 is 2.00 bits per heavy atom. The van der Waals surface area contributed by atoms with Gasteiger partial charge < -0.3 is 21.5 Å². The van der Waals surface area contributed by atoms with Crippen LogP contribution in [0.4, 0.5) is 11.5 Å². The van der Waals surface area contributed by atoms with Gasteiger partial charge in [-0.15, -0.1) is 0 Å². The van der Waals surface area contributed by atoms with E-state index in [-0.39, 0.29) is 29.0 Å². The van der Waals surface area contributed by atoms with E-state index in [1.807, 2.05) is 20.8 Å². The minimum atomic E-state index is -1.17. The van der Waals surface area contributed by atoms with Crippen LogP contribution in [0.2, 0.25) is 0 Å². The van der Waals surface area contributed by atoms with Gasteiger partial charge >= 0.3 is 5.97 Å². The first kappa shape index (κ1) is 21.4. The van der Waals surface area contributed by atoms with Crippen LogP contribution < -0.4 is 21.9 Å². The predicted molar refractivity (Wildman–Crippen MR) is 114 cm³/mol. The van der Waals surface area contributed by atoms with E-state index in [1.54, 1.807) is 18.2 Å². The molecule has 0 unspecified atom stereocenters. The van der Waals surface area contributed by atoms with Gasteiger partial charge in [0.15, 0.2) is 5.82 Å². The maximum atomic E-state index is 12.8. The Hall–Kier alpha value is -3.36. The van der Waals surface area contributed by atoms with Crippen molar-refractivity contribution >= 4 is 23.4 Å². The van der Waals surface area contributed by atoms with Crippen molar-refractivity contribution in [3.8, 4) is 11.3 Å². The van der Waals surface area contributed by atoms with E-state index >= 15 is 0 Å². The van der Waals surface area contributed by atoms with Gasteiger partial charge in [0, 0.05) is 28.4 Å². The van der Waals surface area contributed by atoms with Crippen LogP contribution in [0.25, 0.3) is 11.3 Å². The van der Waals surface area contributed by atoms with Crippen LogP contribution in [0.15, 0.2) is 29.2 Å². The van der Waals surface area contributed by atoms with Gasteiger partial charge in [-0.2, -0.15) is 0 Å². The summed E-state index contributed by atoms with van der Waals surface area (Å²) in [7, 11) is 0. The van der Waals surface area contributed by atoms with Crippen molar-refractivity contribution < 1.29 is 14.7 Å². The van der Waals surface area contributed by atoms with Gasteiger partial charge in [0.25, 0.3) is 11.5 Å². The number of nitrogens with one attached hydrogen (secondary N) is 2. The van der Waals surface area contributed by atoms with Crippen molar-refractivity contribution in [1.82, 2.24) is 14.9 Å². The lowest BCUT2D eigenvalue weighted by Gasteiger charge is -2.17. The van der Waals surface area contributed by atoms with Crippen molar-refractivity contribution in [3.63, 3.8) is 0 Å². The van der Waals surface area contributed by atoms with E-state index in [0.717, 1.165) is 23.8 Å². The first-order valence-electron chi connectivity index (χ1n) is 9.96. The normalized spacial score (nSPS) is 14.4. The number of hydrogen-bond acceptors (Lipinski definition) is 6. The van der Waals surface area contributed by atoms with Crippen LogP contribution >= 0.6 is 0 Å². The molecule has 1 heterocycles. The Kier molecular flexibility index (Phi) is 5.82. The first-order chi connectivity index (χ1) is 14.1. The second-order valence-electron chi connectivity index (χ2n) is 8.01. The molecule has 1 amide bonds. The Morgan fingerprint density at radius 3 is 2.57 bits per heavy atom. The standard InChI is InChI=1S/C21H27N5O4/c1-4-21(5-6-21)25-19(29)14-7-13(8-15(22)9-14)16-10-23-18(24-12(2)3)20(30)26(16)11-17(27)28/h7-10,12H,4-6,11,22H2,1-3H3,(H,23,24)(H,25,29)(H,27,28). The molecule has 1 aromatic heterocycles. The maximum absolute atomic E-state index is 12.8. The van der Waals surface area contributed by atoms with Gasteiger partial charge in [-0.25, -0.2) is 4.98 Å². The van der Waals surface area contributed by atoms with Crippen molar-refractivity contribution in [2.75, 3.05) is 11.1 Å². The fourth-order valence-corrected chi connectivity index (χ4v) is 3.34. The van der Waals surface area contributed by atoms with E-state index in [4.69, 9.17) is 5.73 Å². The highest BCUT2D eigenvalue weighted by atomic mass is 16.4. The number of aromatic nitrogens is 2. The van der Waals surface area contributed by atoms with Gasteiger partial charge in [-0.1, -0.05) is 6.92 Å². The van der Waals surface area contributed by atoms with Crippen molar-refractivity contribution in [2.24, 2.45) is 0 Å². The second-order valence-corrected chi connectivity index (χ2v) is 8.01. The molecule has 0 aliphatic heterocycles. The number of amides is 1. The number of anilines is 2. The molecule has 160 valence electrons. The molecule has 9 heteroatoms. The lowest BCUT2D eigenvalue weighted by molar-refractivity contribution is -0.137. The lowest BCUT2D eigenvalue weighted by Crippen LogP contribution is -2.36. The Bertz CT molecular complexity index is 1040. The van der Waals surface area contributed by atoms with Crippen LogP contribution in [0.3, 0.4) is 0 Å². The van der Waals surface area contributed by atoms with Gasteiger partial charge in [-0.05, 0) is 51.3 Å². The molecular formula is C21H27N5O4. The predicted octanol–water partition coefficient (Wildman–Crippen LogP) is 2.07. The highest BCUT2D eigenvalue weighted by Gasteiger charge is 2.42. The molecule has 5 N–H and O–H groups in total. The van der Waals surface area contributed by atoms with Crippen molar-refractivity contribution in [1.29, 1.82) is 0 Å². The molecule has 1 aliphatic carbocycles. The molecule has 0 spiro atoms. The van der Waals surface area contributed by atoms with Crippen molar-refractivity contribution in [3.05, 3.63) is 40.3 Å². The zero-order valence-corrected chi connectivity index (χ0v) is 17.4. The fourth-order valence-electron chi connectivity index (χ4n) is 3.34. The van der Waals surface area contributed by atoms with Crippen LogP contribution in [-0.2, 0) is 11.3 Å². The third kappa shape index (κ3) is 4.61. The number of rotatable bonds is 8. The van der Waals surface area contributed by atoms with E-state index in [0.29, 0.717) is 16.8 Å². The molecule has 3 rings (SSSR count). The summed E-state index contributed by atoms with van der Waals surface area (Å²) in [6, 6.07) is 4.70. The summed E-state index contributed by atoms with van der Waals surface area (Å²) in [5, 5.41) is 15.3. The second kappa shape index (κ2) is 8.17. The number of nitrogens with two attached hydrogens (primary N) is 1. The Balaban J connectivity index is 2.05. The van der Waals surface area contributed by atoms with Crippen LogP contribution in [-0.4, -0.2) is 38.1 Å². The summed E-state index contributed by atoms with van der Waals surface area (Å²) < 4.78 is 1.12. The third-order valence-corrected chi connectivity index (χ3v) is 5.20. The molecule has 0 radical (unpaired) electrons. The number of benzene rings is 1. The molecular weight excluding hydrogens is 386 g/mol. The average Bonchev–Trinajstić information content (AvgIpc) is 3.44. The van der Waals surface area contributed by atoms with Crippen LogP contribution in [0.5, 0.6) is 0 Å². The minimum absolute atomic E-state index is 0.0506. The summed E-state index contributed by atoms with van der Waals surface area (Å²) in [6.45, 7) is 5.18. The number of carboxylic acid groups (broad SMARTS) is 1. The van der Waals surface area contributed by atoms with E-state index < -0.39 is 18.1 Å². The zero-order chi connectivity index (χ0) is 22.1. The molecule has 0 saturated heterocycles. The molecule has 30 heavy (non-hydrogen) atoms. The first-order valence-corrected chi connectivity index (χ1v) is 9.96. The number of aliphatic carboxylic acids is 1. The van der Waals surface area contributed by atoms with E-state index in [2.05, 4.69) is 15.6 Å². The van der Waals surface area contributed by atoms with Gasteiger partial charge in [0.2, 0.25) is 0 Å². The van der Waals surface area contributed by atoms with Crippen LogP contribution in [0.1, 0.15) is 50.4 Å². The fraction of sp³-hybridized carbons (Fsp3) is 0.429. The third-order valence-electron chi connectivity index (χ3n) is 5.20. The molecule has 9 nitrogen and oxygen atoms in total. The number of carbonyl (C=O) groups excluding carboxylic acids is 1. The number of carbonyl (C=O) groups is 2. The van der Waals surface area contributed by atoms with Gasteiger partial charge in [0.05, 0.1) is 11.9 Å². The zero-order valence-electron chi connectivity index (χ0n) is 17.4. The highest BCUT2D eigenvalue weighted by Crippen LogP contribution is 2.38. The van der Waals surface area contributed by atoms with Gasteiger partial charge in [0.1, 0.15) is 6.54 Å². The smallest absolute Gasteiger partial charge is 0.323 e. The molecule has 2 aromatic rings. The largest absolute Gasteiger partial charge is 0.480 e. The van der Waals surface area contributed by atoms with Crippen molar-refractivity contribution in [2.45, 2.75) is 58.2 Å². The molecule has 1 saturated carbocycles. The molecule has 1 fully saturated rings. The number of carboxylic acids is 1. The summed E-state index contributed by atoms with van der Waals surface area (Å²) in [4.78, 5) is 41.1. The molecule has 1 aromatic carbocycles. The van der Waals surface area contributed by atoms with E-state index in [1.165, 1.54) is 6.20 Å². The summed E-state index contributed by atoms with van der Waals surface area (Å²) in [6.07, 6.45) is 4.15. The van der Waals surface area contributed by atoms with Gasteiger partial charge in [-0.3, -0.25) is 19.0 Å². The van der Waals surface area contributed by atoms with Crippen LogP contribution in [0, 0.1) is 0 Å². The topological polar surface area (TPSA) is 139 Å². The lowest BCUT2D eigenvalue weighted by atomic mass is 10.0. The number of nitrogens with zero attached hydrogens (tertiary/aromatic N) is 2. The summed E-state index contributed by atoms with van der Waals surface area (Å²) >= 11 is 0. The summed E-state index contributed by atoms with van der Waals surface area (Å²) in [5.41, 5.74) is 6.71. The highest BCUT2D eigenvalue weighted by molar-refractivity contribution is 5.97. The minimum Gasteiger partial charge on any atom is -0.480 e. The summed E-state index contributed by atoms with van der Waals surface area (Å²) in [5.74, 6) is -1.35. The molecule has 1 aliphatic rings. The maximum Gasteiger partial charge on any atom is 0.323 e. The average molecular weight is 413 g/mol. The molecule has 0 atom stereocenters. The molecule has 0 bridgehead atoms.